The number of hydrogen-bond acceptors (Lipinski definition) is 7. The number of nitrogens with one attached hydrogen (secondary N) is 1. The Morgan fingerprint density at radius 1 is 1.36 bits per heavy atom. The molecule has 0 bridgehead atoms. The lowest BCUT2D eigenvalue weighted by Gasteiger charge is -2.15. The Labute approximate surface area is 145 Å². The van der Waals surface area contributed by atoms with Crippen molar-refractivity contribution in [2.75, 3.05) is 18.1 Å². The molecule has 1 heterocycles. The number of amides is 1. The minimum Gasteiger partial charge on any atom is -0.479 e. The molecule has 1 N–H and O–H groups in total. The molecule has 134 valence electrons. The van der Waals surface area contributed by atoms with Crippen LogP contribution in [0, 0.1) is 11.3 Å². The van der Waals surface area contributed by atoms with Gasteiger partial charge in [-0.2, -0.15) is 5.26 Å². The van der Waals surface area contributed by atoms with Gasteiger partial charge in [-0.1, -0.05) is 0 Å². The van der Waals surface area contributed by atoms with E-state index in [0.717, 1.165) is 0 Å². The summed E-state index contributed by atoms with van der Waals surface area (Å²) in [5.74, 6) is -0.929. The molecule has 1 fully saturated rings. The molecule has 1 aliphatic heterocycles. The number of benzene rings is 1. The van der Waals surface area contributed by atoms with E-state index in [-0.39, 0.29) is 11.5 Å². The molecule has 1 aromatic rings. The minimum absolute atomic E-state index is 0.0488. The fourth-order valence-corrected chi connectivity index (χ4v) is 3.97. The quantitative estimate of drug-likeness (QED) is 0.712. The van der Waals surface area contributed by atoms with Crippen molar-refractivity contribution in [3.05, 3.63) is 29.8 Å². The number of esters is 1. The van der Waals surface area contributed by atoms with Gasteiger partial charge in [-0.25, -0.2) is 13.2 Å². The summed E-state index contributed by atoms with van der Waals surface area (Å²) in [5, 5.41) is 11.2. The van der Waals surface area contributed by atoms with E-state index in [4.69, 9.17) is 14.7 Å². The fraction of sp³-hybridized carbons (Fsp3) is 0.438. The monoisotopic (exact) mass is 366 g/mol. The molecule has 1 aromatic carbocycles. The molecule has 2 atom stereocenters. The van der Waals surface area contributed by atoms with E-state index >= 15 is 0 Å². The van der Waals surface area contributed by atoms with Crippen LogP contribution in [0.4, 0.5) is 0 Å². The highest BCUT2D eigenvalue weighted by Crippen LogP contribution is 2.14. The summed E-state index contributed by atoms with van der Waals surface area (Å²) in [6, 6.07) is 7.73. The lowest BCUT2D eigenvalue weighted by atomic mass is 10.2. The highest BCUT2D eigenvalue weighted by atomic mass is 32.2. The van der Waals surface area contributed by atoms with E-state index in [9.17, 15) is 18.0 Å². The van der Waals surface area contributed by atoms with Crippen molar-refractivity contribution in [1.82, 2.24) is 5.32 Å². The van der Waals surface area contributed by atoms with Crippen LogP contribution in [0.3, 0.4) is 0 Å². The molecule has 0 aliphatic carbocycles. The predicted octanol–water partition coefficient (Wildman–Crippen LogP) is 0.172. The molecule has 0 aromatic heterocycles. The van der Waals surface area contributed by atoms with Gasteiger partial charge in [0.05, 0.1) is 23.1 Å². The van der Waals surface area contributed by atoms with E-state index in [1.165, 1.54) is 6.92 Å². The molecule has 0 saturated carbocycles. The highest BCUT2D eigenvalue weighted by Gasteiger charge is 2.29. The normalized spacial score (nSPS) is 19.4. The van der Waals surface area contributed by atoms with Gasteiger partial charge in [0, 0.05) is 6.04 Å². The Kier molecular flexibility index (Phi) is 5.98. The van der Waals surface area contributed by atoms with E-state index < -0.39 is 40.5 Å². The molecular weight excluding hydrogens is 348 g/mol. The van der Waals surface area contributed by atoms with Crippen molar-refractivity contribution in [1.29, 1.82) is 5.26 Å². The summed E-state index contributed by atoms with van der Waals surface area (Å²) in [5.41, 5.74) is 0.466. The Bertz CT molecular complexity index is 782. The van der Waals surface area contributed by atoms with Crippen LogP contribution in [-0.4, -0.2) is 50.6 Å². The number of nitriles is 1. The zero-order valence-corrected chi connectivity index (χ0v) is 14.4. The molecule has 2 rings (SSSR count). The van der Waals surface area contributed by atoms with Gasteiger partial charge in [0.2, 0.25) is 0 Å². The Morgan fingerprint density at radius 3 is 2.60 bits per heavy atom. The standard InChI is InChI=1S/C16H18N2O6S/c1-11(24-14-4-2-12(8-17)3-5-14)16(20)23-9-15(19)18-13-6-7-25(21,22)10-13/h2-5,11,13H,6-7,9-10H2,1H3,(H,18,19)/t11-,13-/m0/s1. The molecule has 1 amide bonds. The molecule has 0 unspecified atom stereocenters. The first-order chi connectivity index (χ1) is 11.8. The average molecular weight is 366 g/mol. The SMILES string of the molecule is C[C@H](Oc1ccc(C#N)cc1)C(=O)OCC(=O)N[C@H]1CCS(=O)(=O)C1. The molecular formula is C16H18N2O6S. The molecule has 0 radical (unpaired) electrons. The van der Waals surface area contributed by atoms with Gasteiger partial charge in [0.1, 0.15) is 5.75 Å². The van der Waals surface area contributed by atoms with Crippen LogP contribution in [0.15, 0.2) is 24.3 Å². The first kappa shape index (κ1) is 18.7. The van der Waals surface area contributed by atoms with Crippen molar-refractivity contribution in [3.63, 3.8) is 0 Å². The van der Waals surface area contributed by atoms with Crippen LogP contribution in [-0.2, 0) is 24.2 Å². The van der Waals surface area contributed by atoms with Crippen molar-refractivity contribution < 1.29 is 27.5 Å². The third kappa shape index (κ3) is 5.76. The summed E-state index contributed by atoms with van der Waals surface area (Å²) in [4.78, 5) is 23.6. The van der Waals surface area contributed by atoms with Crippen molar-refractivity contribution in [2.24, 2.45) is 0 Å². The third-order valence-electron chi connectivity index (χ3n) is 3.57. The maximum Gasteiger partial charge on any atom is 0.347 e. The molecule has 0 spiro atoms. The molecule has 9 heteroatoms. The van der Waals surface area contributed by atoms with Gasteiger partial charge in [-0.05, 0) is 37.6 Å². The smallest absolute Gasteiger partial charge is 0.347 e. The second kappa shape index (κ2) is 7.98. The van der Waals surface area contributed by atoms with E-state index in [2.05, 4.69) is 5.32 Å². The Morgan fingerprint density at radius 2 is 2.04 bits per heavy atom. The summed E-state index contributed by atoms with van der Waals surface area (Å²) < 4.78 is 32.9. The van der Waals surface area contributed by atoms with Gasteiger partial charge in [-0.3, -0.25) is 4.79 Å². The van der Waals surface area contributed by atoms with Crippen LogP contribution in [0.1, 0.15) is 18.9 Å². The maximum absolute atomic E-state index is 11.8. The van der Waals surface area contributed by atoms with Gasteiger partial charge in [0.25, 0.3) is 5.91 Å². The van der Waals surface area contributed by atoms with E-state index in [1.807, 2.05) is 6.07 Å². The van der Waals surface area contributed by atoms with Crippen molar-refractivity contribution in [3.8, 4) is 11.8 Å². The average Bonchev–Trinajstić information content (AvgIpc) is 2.91. The van der Waals surface area contributed by atoms with Gasteiger partial charge in [-0.15, -0.1) is 0 Å². The number of carbonyl (C=O) groups excluding carboxylic acids is 2. The zero-order valence-electron chi connectivity index (χ0n) is 13.6. The van der Waals surface area contributed by atoms with Gasteiger partial charge >= 0.3 is 5.97 Å². The topological polar surface area (TPSA) is 123 Å². The molecule has 1 aliphatic rings. The molecule has 25 heavy (non-hydrogen) atoms. The van der Waals surface area contributed by atoms with Crippen molar-refractivity contribution in [2.45, 2.75) is 25.5 Å². The lowest BCUT2D eigenvalue weighted by Crippen LogP contribution is -2.39. The fourth-order valence-electron chi connectivity index (χ4n) is 2.29. The van der Waals surface area contributed by atoms with Crippen LogP contribution in [0.25, 0.3) is 0 Å². The summed E-state index contributed by atoms with van der Waals surface area (Å²) in [7, 11) is -3.09. The lowest BCUT2D eigenvalue weighted by molar-refractivity contribution is -0.154. The second-order valence-corrected chi connectivity index (χ2v) is 7.90. The first-order valence-electron chi connectivity index (χ1n) is 7.62. The van der Waals surface area contributed by atoms with Crippen LogP contribution >= 0.6 is 0 Å². The van der Waals surface area contributed by atoms with Crippen LogP contribution in [0.2, 0.25) is 0 Å². The highest BCUT2D eigenvalue weighted by molar-refractivity contribution is 7.91. The Hall–Kier alpha value is -2.60. The number of ether oxygens (including phenoxy) is 2. The zero-order chi connectivity index (χ0) is 18.4. The van der Waals surface area contributed by atoms with E-state index in [0.29, 0.717) is 17.7 Å². The number of hydrogen-bond donors (Lipinski definition) is 1. The summed E-state index contributed by atoms with van der Waals surface area (Å²) >= 11 is 0. The summed E-state index contributed by atoms with van der Waals surface area (Å²) in [6.07, 6.45) is -0.576. The number of carbonyl (C=O) groups is 2. The van der Waals surface area contributed by atoms with Crippen LogP contribution in [0.5, 0.6) is 5.75 Å². The molecule has 8 nitrogen and oxygen atoms in total. The number of nitrogens with zero attached hydrogens (tertiary/aromatic N) is 1. The Balaban J connectivity index is 1.75. The maximum atomic E-state index is 11.8. The van der Waals surface area contributed by atoms with Crippen LogP contribution < -0.4 is 10.1 Å². The number of rotatable bonds is 6. The van der Waals surface area contributed by atoms with Gasteiger partial charge < -0.3 is 14.8 Å². The second-order valence-electron chi connectivity index (χ2n) is 5.67. The van der Waals surface area contributed by atoms with Crippen molar-refractivity contribution >= 4 is 21.7 Å². The minimum atomic E-state index is -3.09. The number of sulfone groups is 1. The largest absolute Gasteiger partial charge is 0.479 e. The van der Waals surface area contributed by atoms with E-state index in [1.54, 1.807) is 24.3 Å². The predicted molar refractivity (Wildman–Crippen MR) is 87.4 cm³/mol. The first-order valence-corrected chi connectivity index (χ1v) is 9.44. The third-order valence-corrected chi connectivity index (χ3v) is 5.34. The molecule has 1 saturated heterocycles. The summed E-state index contributed by atoms with van der Waals surface area (Å²) in [6.45, 7) is 0.971. The van der Waals surface area contributed by atoms with Gasteiger partial charge in [0.15, 0.2) is 22.5 Å².